The van der Waals surface area contributed by atoms with Gasteiger partial charge in [0, 0.05) is 0 Å². The minimum Gasteiger partial charge on any atom is -0.494 e. The maximum atomic E-state index is 5.72. The SMILES string of the molecule is Cc1ccc(OCCC2CNC2)cc1C. The molecule has 2 nitrogen and oxygen atoms in total. The van der Waals surface area contributed by atoms with E-state index in [1.165, 1.54) is 17.5 Å². The van der Waals surface area contributed by atoms with Crippen LogP contribution in [0.4, 0.5) is 0 Å². The summed E-state index contributed by atoms with van der Waals surface area (Å²) in [4.78, 5) is 0. The van der Waals surface area contributed by atoms with Crippen molar-refractivity contribution in [2.24, 2.45) is 5.92 Å². The van der Waals surface area contributed by atoms with E-state index in [-0.39, 0.29) is 0 Å². The minimum absolute atomic E-state index is 0.830. The van der Waals surface area contributed by atoms with E-state index in [1.807, 2.05) is 0 Å². The Morgan fingerprint density at radius 1 is 1.27 bits per heavy atom. The van der Waals surface area contributed by atoms with Crippen molar-refractivity contribution in [3.63, 3.8) is 0 Å². The van der Waals surface area contributed by atoms with E-state index in [9.17, 15) is 0 Å². The average molecular weight is 205 g/mol. The average Bonchev–Trinajstić information content (AvgIpc) is 2.15. The fourth-order valence-electron chi connectivity index (χ4n) is 1.70. The fraction of sp³-hybridized carbons (Fsp3) is 0.538. The van der Waals surface area contributed by atoms with Gasteiger partial charge < -0.3 is 10.1 Å². The van der Waals surface area contributed by atoms with E-state index in [1.54, 1.807) is 0 Å². The fourth-order valence-corrected chi connectivity index (χ4v) is 1.70. The number of hydrogen-bond donors (Lipinski definition) is 1. The smallest absolute Gasteiger partial charge is 0.119 e. The summed E-state index contributed by atoms with van der Waals surface area (Å²) in [5.74, 6) is 1.84. The van der Waals surface area contributed by atoms with Gasteiger partial charge in [-0.25, -0.2) is 0 Å². The molecule has 82 valence electrons. The number of nitrogens with one attached hydrogen (secondary N) is 1. The summed E-state index contributed by atoms with van der Waals surface area (Å²) in [6.45, 7) is 7.42. The molecule has 0 aliphatic carbocycles. The summed E-state index contributed by atoms with van der Waals surface area (Å²) in [7, 11) is 0. The molecule has 0 amide bonds. The lowest BCUT2D eigenvalue weighted by Crippen LogP contribution is -2.42. The third-order valence-electron chi connectivity index (χ3n) is 3.14. The number of benzene rings is 1. The molecule has 1 aliphatic heterocycles. The zero-order valence-electron chi connectivity index (χ0n) is 9.55. The first kappa shape index (κ1) is 10.5. The summed E-state index contributed by atoms with van der Waals surface area (Å²) >= 11 is 0. The standard InChI is InChI=1S/C13H19NO/c1-10-3-4-13(7-11(10)2)15-6-5-12-8-14-9-12/h3-4,7,12,14H,5-6,8-9H2,1-2H3. The number of hydrogen-bond acceptors (Lipinski definition) is 2. The van der Waals surface area contributed by atoms with Gasteiger partial charge in [0.15, 0.2) is 0 Å². The molecule has 1 aliphatic rings. The zero-order valence-corrected chi connectivity index (χ0v) is 9.55. The van der Waals surface area contributed by atoms with Crippen molar-refractivity contribution in [1.29, 1.82) is 0 Å². The molecule has 1 N–H and O–H groups in total. The van der Waals surface area contributed by atoms with Crippen LogP contribution in [0, 0.1) is 19.8 Å². The van der Waals surface area contributed by atoms with E-state index in [4.69, 9.17) is 4.74 Å². The molecule has 0 spiro atoms. The molecule has 2 rings (SSSR count). The number of aryl methyl sites for hydroxylation is 2. The Morgan fingerprint density at radius 2 is 2.07 bits per heavy atom. The van der Waals surface area contributed by atoms with Gasteiger partial charge in [-0.3, -0.25) is 0 Å². The Labute approximate surface area is 91.6 Å². The molecule has 1 aromatic carbocycles. The summed E-state index contributed by atoms with van der Waals surface area (Å²) in [6, 6.07) is 6.30. The zero-order chi connectivity index (χ0) is 10.7. The highest BCUT2D eigenvalue weighted by Crippen LogP contribution is 2.17. The van der Waals surface area contributed by atoms with E-state index >= 15 is 0 Å². The Bertz CT molecular complexity index is 331. The normalized spacial score (nSPS) is 16.1. The third-order valence-corrected chi connectivity index (χ3v) is 3.14. The van der Waals surface area contributed by atoms with Gasteiger partial charge in [0.05, 0.1) is 6.61 Å². The van der Waals surface area contributed by atoms with Crippen LogP contribution in [0.5, 0.6) is 5.75 Å². The highest BCUT2D eigenvalue weighted by atomic mass is 16.5. The molecule has 0 bridgehead atoms. The van der Waals surface area contributed by atoms with Crippen molar-refractivity contribution in [2.75, 3.05) is 19.7 Å². The quantitative estimate of drug-likeness (QED) is 0.814. The summed E-state index contributed by atoms with van der Waals surface area (Å²) in [5.41, 5.74) is 2.63. The van der Waals surface area contributed by atoms with Crippen LogP contribution in [0.25, 0.3) is 0 Å². The first-order valence-corrected chi connectivity index (χ1v) is 5.66. The van der Waals surface area contributed by atoms with E-state index < -0.39 is 0 Å². The molecule has 0 radical (unpaired) electrons. The molecule has 0 unspecified atom stereocenters. The van der Waals surface area contributed by atoms with Gasteiger partial charge in [0.1, 0.15) is 5.75 Å². The van der Waals surface area contributed by atoms with Crippen molar-refractivity contribution in [3.05, 3.63) is 29.3 Å². The lowest BCUT2D eigenvalue weighted by molar-refractivity contribution is 0.238. The molecule has 1 fully saturated rings. The molecule has 0 atom stereocenters. The van der Waals surface area contributed by atoms with Crippen LogP contribution < -0.4 is 10.1 Å². The van der Waals surface area contributed by atoms with Gasteiger partial charge >= 0.3 is 0 Å². The van der Waals surface area contributed by atoms with Gasteiger partial charge in [0.2, 0.25) is 0 Å². The van der Waals surface area contributed by atoms with Crippen LogP contribution in [0.2, 0.25) is 0 Å². The van der Waals surface area contributed by atoms with Crippen molar-refractivity contribution >= 4 is 0 Å². The Kier molecular flexibility index (Phi) is 3.27. The Hall–Kier alpha value is -1.02. The second-order valence-electron chi connectivity index (χ2n) is 4.41. The molecule has 1 aromatic rings. The van der Waals surface area contributed by atoms with Crippen molar-refractivity contribution in [2.45, 2.75) is 20.3 Å². The lowest BCUT2D eigenvalue weighted by atomic mass is 10.0. The molecular weight excluding hydrogens is 186 g/mol. The topological polar surface area (TPSA) is 21.3 Å². The Morgan fingerprint density at radius 3 is 2.67 bits per heavy atom. The van der Waals surface area contributed by atoms with Crippen LogP contribution in [-0.2, 0) is 0 Å². The van der Waals surface area contributed by atoms with Gasteiger partial charge in [-0.2, -0.15) is 0 Å². The summed E-state index contributed by atoms with van der Waals surface area (Å²) < 4.78 is 5.72. The second-order valence-corrected chi connectivity index (χ2v) is 4.41. The van der Waals surface area contributed by atoms with Gasteiger partial charge in [-0.15, -0.1) is 0 Å². The third kappa shape index (κ3) is 2.72. The second kappa shape index (κ2) is 4.67. The van der Waals surface area contributed by atoms with Gasteiger partial charge in [-0.05, 0) is 62.5 Å². The summed E-state index contributed by atoms with van der Waals surface area (Å²) in [5, 5.41) is 3.27. The Balaban J connectivity index is 1.79. The van der Waals surface area contributed by atoms with Gasteiger partial charge in [-0.1, -0.05) is 6.07 Å². The molecule has 1 heterocycles. The molecular formula is C13H19NO. The van der Waals surface area contributed by atoms with Crippen molar-refractivity contribution in [1.82, 2.24) is 5.32 Å². The number of ether oxygens (including phenoxy) is 1. The molecule has 0 aromatic heterocycles. The molecule has 1 saturated heterocycles. The minimum atomic E-state index is 0.830. The highest BCUT2D eigenvalue weighted by Gasteiger charge is 2.15. The first-order valence-electron chi connectivity index (χ1n) is 5.66. The lowest BCUT2D eigenvalue weighted by Gasteiger charge is -2.26. The van der Waals surface area contributed by atoms with E-state index in [0.29, 0.717) is 0 Å². The van der Waals surface area contributed by atoms with Gasteiger partial charge in [0.25, 0.3) is 0 Å². The predicted molar refractivity (Wildman–Crippen MR) is 62.4 cm³/mol. The van der Waals surface area contributed by atoms with Crippen molar-refractivity contribution in [3.8, 4) is 5.75 Å². The number of rotatable bonds is 4. The molecule has 15 heavy (non-hydrogen) atoms. The van der Waals surface area contributed by atoms with E-state index in [2.05, 4.69) is 37.4 Å². The summed E-state index contributed by atoms with van der Waals surface area (Å²) in [6.07, 6.45) is 1.17. The maximum Gasteiger partial charge on any atom is 0.119 e. The largest absolute Gasteiger partial charge is 0.494 e. The van der Waals surface area contributed by atoms with Crippen LogP contribution in [0.3, 0.4) is 0 Å². The predicted octanol–water partition coefficient (Wildman–Crippen LogP) is 2.29. The highest BCUT2D eigenvalue weighted by molar-refractivity contribution is 5.33. The van der Waals surface area contributed by atoms with Crippen LogP contribution in [0.15, 0.2) is 18.2 Å². The van der Waals surface area contributed by atoms with E-state index in [0.717, 1.165) is 31.4 Å². The van der Waals surface area contributed by atoms with Crippen LogP contribution in [-0.4, -0.2) is 19.7 Å². The molecule has 0 saturated carbocycles. The monoisotopic (exact) mass is 205 g/mol. The van der Waals surface area contributed by atoms with Crippen LogP contribution in [0.1, 0.15) is 17.5 Å². The molecule has 2 heteroatoms. The maximum absolute atomic E-state index is 5.72. The van der Waals surface area contributed by atoms with Crippen molar-refractivity contribution < 1.29 is 4.74 Å². The first-order chi connectivity index (χ1) is 7.25. The van der Waals surface area contributed by atoms with Crippen LogP contribution >= 0.6 is 0 Å².